The molecule has 3 aromatic rings. The second-order valence-corrected chi connectivity index (χ2v) is 8.44. The summed E-state index contributed by atoms with van der Waals surface area (Å²) in [7, 11) is 0. The summed E-state index contributed by atoms with van der Waals surface area (Å²) in [5, 5.41) is 0. The number of hydrogen-bond acceptors (Lipinski definition) is 4. The van der Waals surface area contributed by atoms with Gasteiger partial charge in [-0.15, -0.1) is 0 Å². The number of hydrogen-bond donors (Lipinski definition) is 0. The van der Waals surface area contributed by atoms with Gasteiger partial charge in [0.2, 0.25) is 5.91 Å². The van der Waals surface area contributed by atoms with Gasteiger partial charge in [-0.05, 0) is 53.9 Å². The Morgan fingerprint density at radius 1 is 1.00 bits per heavy atom. The minimum atomic E-state index is -0.319. The third-order valence-corrected chi connectivity index (χ3v) is 5.72. The van der Waals surface area contributed by atoms with Crippen molar-refractivity contribution in [2.75, 3.05) is 33.0 Å². The molecule has 178 valence electrons. The Morgan fingerprint density at radius 2 is 1.82 bits per heavy atom. The van der Waals surface area contributed by atoms with Crippen LogP contribution in [0.15, 0.2) is 66.7 Å². The van der Waals surface area contributed by atoms with Crippen LogP contribution in [0.5, 0.6) is 11.5 Å². The van der Waals surface area contributed by atoms with Crippen molar-refractivity contribution in [2.45, 2.75) is 26.3 Å². The monoisotopic (exact) mass is 463 g/mol. The summed E-state index contributed by atoms with van der Waals surface area (Å²) in [6.45, 7) is 4.62. The average molecular weight is 464 g/mol. The highest BCUT2D eigenvalue weighted by molar-refractivity contribution is 5.76. The number of benzene rings is 3. The molecule has 0 aromatic heterocycles. The Hall–Kier alpha value is -3.38. The molecular weight excluding hydrogens is 433 g/mol. The molecule has 1 amide bonds. The highest BCUT2D eigenvalue weighted by atomic mass is 19.1. The molecule has 5 nitrogen and oxygen atoms in total. The molecule has 0 fully saturated rings. The number of aryl methyl sites for hydroxylation is 1. The number of fused-ring (bicyclic) bond motifs is 3. The van der Waals surface area contributed by atoms with E-state index in [1.165, 1.54) is 23.3 Å². The van der Waals surface area contributed by atoms with Crippen LogP contribution in [-0.4, -0.2) is 43.8 Å². The molecule has 1 heterocycles. The minimum Gasteiger partial charge on any atom is -0.493 e. The van der Waals surface area contributed by atoms with Crippen LogP contribution in [0.4, 0.5) is 4.39 Å². The zero-order valence-corrected chi connectivity index (χ0v) is 19.5. The second kappa shape index (κ2) is 11.7. The predicted octanol–water partition coefficient (Wildman–Crippen LogP) is 4.93. The normalized spacial score (nSPS) is 14.5. The van der Waals surface area contributed by atoms with Crippen molar-refractivity contribution >= 4 is 5.91 Å². The van der Waals surface area contributed by atoms with Gasteiger partial charge in [0.1, 0.15) is 23.9 Å². The number of halogens is 1. The second-order valence-electron chi connectivity index (χ2n) is 8.44. The maximum absolute atomic E-state index is 13.1. The third kappa shape index (κ3) is 6.81. The average Bonchev–Trinajstić information content (AvgIpc) is 2.82. The fourth-order valence-corrected chi connectivity index (χ4v) is 3.99. The van der Waals surface area contributed by atoms with E-state index in [1.54, 1.807) is 17.0 Å². The lowest BCUT2D eigenvalue weighted by Gasteiger charge is -2.24. The molecule has 0 unspecified atom stereocenters. The van der Waals surface area contributed by atoms with Crippen molar-refractivity contribution in [1.29, 1.82) is 0 Å². The van der Waals surface area contributed by atoms with E-state index in [1.807, 2.05) is 18.2 Å². The van der Waals surface area contributed by atoms with E-state index in [9.17, 15) is 9.18 Å². The summed E-state index contributed by atoms with van der Waals surface area (Å²) >= 11 is 0. The maximum atomic E-state index is 13.1. The number of amides is 1. The van der Waals surface area contributed by atoms with Gasteiger partial charge in [0.25, 0.3) is 0 Å². The molecule has 0 atom stereocenters. The van der Waals surface area contributed by atoms with Gasteiger partial charge in [0, 0.05) is 19.5 Å². The Morgan fingerprint density at radius 3 is 2.68 bits per heavy atom. The first kappa shape index (κ1) is 23.8. The molecular formula is C28H30FNO4. The molecule has 1 aliphatic rings. The zero-order valence-electron chi connectivity index (χ0n) is 19.5. The van der Waals surface area contributed by atoms with E-state index in [-0.39, 0.29) is 24.8 Å². The first-order chi connectivity index (χ1) is 16.6. The molecule has 2 bridgehead atoms. The number of rotatable bonds is 4. The van der Waals surface area contributed by atoms with E-state index in [0.717, 1.165) is 23.3 Å². The lowest BCUT2D eigenvalue weighted by atomic mass is 10.00. The molecule has 3 aromatic carbocycles. The van der Waals surface area contributed by atoms with Crippen LogP contribution in [-0.2, 0) is 22.5 Å². The van der Waals surface area contributed by atoms with Crippen molar-refractivity contribution in [3.8, 4) is 11.5 Å². The lowest BCUT2D eigenvalue weighted by Crippen LogP contribution is -2.34. The largest absolute Gasteiger partial charge is 0.493 e. The molecule has 0 radical (unpaired) electrons. The number of ether oxygens (including phenoxy) is 3. The Kier molecular flexibility index (Phi) is 8.15. The number of nitrogens with zero attached hydrogens (tertiary/aromatic N) is 1. The van der Waals surface area contributed by atoms with Gasteiger partial charge in [0.15, 0.2) is 0 Å². The molecule has 1 aliphatic heterocycles. The zero-order chi connectivity index (χ0) is 23.8. The SMILES string of the molecule is Cc1ccc2c(c1)Cc1cccc(c1)CN(C(=O)CCOc1ccc(F)cc1)CCOCCO2. The summed E-state index contributed by atoms with van der Waals surface area (Å²) < 4.78 is 30.4. The topological polar surface area (TPSA) is 48.0 Å². The fourth-order valence-electron chi connectivity index (χ4n) is 3.99. The Labute approximate surface area is 200 Å². The van der Waals surface area contributed by atoms with Gasteiger partial charge in [0.05, 0.1) is 26.2 Å². The lowest BCUT2D eigenvalue weighted by molar-refractivity contribution is -0.133. The van der Waals surface area contributed by atoms with Crippen LogP contribution in [0.3, 0.4) is 0 Å². The van der Waals surface area contributed by atoms with Gasteiger partial charge in [-0.1, -0.05) is 42.0 Å². The van der Waals surface area contributed by atoms with Crippen LogP contribution < -0.4 is 9.47 Å². The molecule has 4 rings (SSSR count). The van der Waals surface area contributed by atoms with Crippen LogP contribution in [0, 0.1) is 12.7 Å². The summed E-state index contributed by atoms with van der Waals surface area (Å²) in [5.74, 6) is 1.09. The van der Waals surface area contributed by atoms with Crippen LogP contribution in [0.25, 0.3) is 0 Å². The third-order valence-electron chi connectivity index (χ3n) is 5.72. The van der Waals surface area contributed by atoms with Crippen LogP contribution in [0.2, 0.25) is 0 Å². The standard InChI is InChI=1S/C28H30FNO4/c1-21-5-10-27-24(17-21)19-22-3-2-4-23(18-22)20-30(12-14-32-15-16-34-27)28(31)11-13-33-26-8-6-25(29)7-9-26/h2-10,17-18H,11-16,19-20H2,1H3. The Balaban J connectivity index is 1.45. The van der Waals surface area contributed by atoms with Gasteiger partial charge in [-0.3, -0.25) is 4.79 Å². The van der Waals surface area contributed by atoms with E-state index in [4.69, 9.17) is 14.2 Å². The van der Waals surface area contributed by atoms with Gasteiger partial charge in [-0.25, -0.2) is 4.39 Å². The van der Waals surface area contributed by atoms with Gasteiger partial charge < -0.3 is 19.1 Å². The number of carbonyl (C=O) groups excluding carboxylic acids is 1. The van der Waals surface area contributed by atoms with Gasteiger partial charge >= 0.3 is 0 Å². The Bertz CT molecular complexity index is 1100. The van der Waals surface area contributed by atoms with Crippen molar-refractivity contribution < 1.29 is 23.4 Å². The van der Waals surface area contributed by atoms with Crippen LogP contribution in [0.1, 0.15) is 28.7 Å². The van der Waals surface area contributed by atoms with E-state index in [0.29, 0.717) is 38.7 Å². The summed E-state index contributed by atoms with van der Waals surface area (Å²) in [6.07, 6.45) is 0.984. The van der Waals surface area contributed by atoms with Crippen molar-refractivity contribution in [2.24, 2.45) is 0 Å². The van der Waals surface area contributed by atoms with Crippen LogP contribution >= 0.6 is 0 Å². The molecule has 0 saturated heterocycles. The molecule has 0 spiro atoms. The van der Waals surface area contributed by atoms with E-state index in [2.05, 4.69) is 31.2 Å². The van der Waals surface area contributed by atoms with Crippen molar-refractivity contribution in [3.63, 3.8) is 0 Å². The predicted molar refractivity (Wildman–Crippen MR) is 129 cm³/mol. The molecule has 6 heteroatoms. The van der Waals surface area contributed by atoms with Crippen molar-refractivity contribution in [1.82, 2.24) is 4.90 Å². The molecule has 34 heavy (non-hydrogen) atoms. The minimum absolute atomic E-state index is 0.0135. The summed E-state index contributed by atoms with van der Waals surface area (Å²) in [5.41, 5.74) is 4.57. The maximum Gasteiger partial charge on any atom is 0.226 e. The molecule has 0 aliphatic carbocycles. The quantitative estimate of drug-likeness (QED) is 0.550. The summed E-state index contributed by atoms with van der Waals surface area (Å²) in [4.78, 5) is 14.8. The van der Waals surface area contributed by atoms with Crippen molar-refractivity contribution in [3.05, 3.63) is 94.8 Å². The molecule has 0 saturated carbocycles. The van der Waals surface area contributed by atoms with E-state index < -0.39 is 0 Å². The summed E-state index contributed by atoms with van der Waals surface area (Å²) in [6, 6.07) is 20.4. The highest BCUT2D eigenvalue weighted by Gasteiger charge is 2.16. The first-order valence-electron chi connectivity index (χ1n) is 11.6. The fraction of sp³-hybridized carbons (Fsp3) is 0.321. The molecule has 0 N–H and O–H groups in total. The van der Waals surface area contributed by atoms with E-state index >= 15 is 0 Å². The smallest absolute Gasteiger partial charge is 0.226 e. The number of carbonyl (C=O) groups is 1. The highest BCUT2D eigenvalue weighted by Crippen LogP contribution is 2.24. The first-order valence-corrected chi connectivity index (χ1v) is 11.6. The van der Waals surface area contributed by atoms with Gasteiger partial charge in [-0.2, -0.15) is 0 Å².